The highest BCUT2D eigenvalue weighted by Crippen LogP contribution is 2.22. The van der Waals surface area contributed by atoms with Gasteiger partial charge in [-0.05, 0) is 38.3 Å². The van der Waals surface area contributed by atoms with Gasteiger partial charge < -0.3 is 5.32 Å². The first-order valence-electron chi connectivity index (χ1n) is 4.83. The highest BCUT2D eigenvalue weighted by molar-refractivity contribution is 4.81. The molecule has 2 nitrogen and oxygen atoms in total. The third kappa shape index (κ3) is 1.57. The summed E-state index contributed by atoms with van der Waals surface area (Å²) in [5.41, 5.74) is 0. The minimum atomic E-state index is 0.715. The van der Waals surface area contributed by atoms with E-state index in [0.717, 1.165) is 5.92 Å². The Morgan fingerprint density at radius 1 is 1.36 bits per heavy atom. The lowest BCUT2D eigenvalue weighted by molar-refractivity contribution is 0.0690. The molecule has 2 heterocycles. The van der Waals surface area contributed by atoms with E-state index < -0.39 is 0 Å². The van der Waals surface area contributed by atoms with Gasteiger partial charge in [-0.25, -0.2) is 0 Å². The third-order valence-electron chi connectivity index (χ3n) is 2.98. The molecule has 0 spiro atoms. The Bertz CT molecular complexity index is 136. The Morgan fingerprint density at radius 3 is 3.18 bits per heavy atom. The molecule has 2 aliphatic heterocycles. The molecule has 0 radical (unpaired) electrons. The van der Waals surface area contributed by atoms with Gasteiger partial charge in [-0.3, -0.25) is 4.90 Å². The van der Waals surface area contributed by atoms with Crippen molar-refractivity contribution in [2.45, 2.75) is 32.4 Å². The van der Waals surface area contributed by atoms with Crippen LogP contribution in [0.5, 0.6) is 0 Å². The van der Waals surface area contributed by atoms with Crippen LogP contribution in [0.4, 0.5) is 0 Å². The highest BCUT2D eigenvalue weighted by atomic mass is 15.3. The molecule has 0 aliphatic carbocycles. The molecule has 0 saturated carbocycles. The normalized spacial score (nSPS) is 40.1. The molecule has 64 valence electrons. The maximum Gasteiger partial charge on any atom is 0.0599 e. The number of fused-ring (bicyclic) bond motifs is 1. The Labute approximate surface area is 69.0 Å². The maximum atomic E-state index is 3.58. The summed E-state index contributed by atoms with van der Waals surface area (Å²) in [7, 11) is 0. The van der Waals surface area contributed by atoms with E-state index in [1.165, 1.54) is 38.9 Å². The van der Waals surface area contributed by atoms with Crippen LogP contribution in [-0.4, -0.2) is 30.7 Å². The zero-order valence-corrected chi connectivity index (χ0v) is 7.34. The van der Waals surface area contributed by atoms with Crippen LogP contribution < -0.4 is 5.32 Å². The van der Waals surface area contributed by atoms with Crippen molar-refractivity contribution >= 4 is 0 Å². The van der Waals surface area contributed by atoms with Gasteiger partial charge in [0, 0.05) is 6.54 Å². The van der Waals surface area contributed by atoms with E-state index >= 15 is 0 Å². The van der Waals surface area contributed by atoms with Gasteiger partial charge in [0.1, 0.15) is 0 Å². The van der Waals surface area contributed by atoms with Crippen LogP contribution in [0.15, 0.2) is 0 Å². The second-order valence-electron chi connectivity index (χ2n) is 3.99. The lowest BCUT2D eigenvalue weighted by Crippen LogP contribution is -2.54. The SMILES string of the molecule is CC1CCN2CCCNC2C1. The molecule has 2 rings (SSSR count). The number of nitrogens with zero attached hydrogens (tertiary/aromatic N) is 1. The maximum absolute atomic E-state index is 3.58. The molecule has 2 saturated heterocycles. The van der Waals surface area contributed by atoms with Crippen LogP contribution in [0.1, 0.15) is 26.2 Å². The summed E-state index contributed by atoms with van der Waals surface area (Å²) in [6.45, 7) is 6.24. The smallest absolute Gasteiger partial charge is 0.0599 e. The highest BCUT2D eigenvalue weighted by Gasteiger charge is 2.27. The number of hydrogen-bond acceptors (Lipinski definition) is 2. The van der Waals surface area contributed by atoms with E-state index in [9.17, 15) is 0 Å². The second kappa shape index (κ2) is 3.11. The van der Waals surface area contributed by atoms with Crippen molar-refractivity contribution < 1.29 is 0 Å². The van der Waals surface area contributed by atoms with Gasteiger partial charge in [0.25, 0.3) is 0 Å². The molecule has 2 aliphatic rings. The first-order valence-corrected chi connectivity index (χ1v) is 4.83. The summed E-state index contributed by atoms with van der Waals surface area (Å²) in [4.78, 5) is 2.60. The minimum Gasteiger partial charge on any atom is -0.302 e. The number of hydrogen-bond donors (Lipinski definition) is 1. The molecule has 2 atom stereocenters. The van der Waals surface area contributed by atoms with Gasteiger partial charge in [-0.15, -0.1) is 0 Å². The number of nitrogens with one attached hydrogen (secondary N) is 1. The fraction of sp³-hybridized carbons (Fsp3) is 1.00. The van der Waals surface area contributed by atoms with E-state index in [1.54, 1.807) is 0 Å². The lowest BCUT2D eigenvalue weighted by atomic mass is 9.95. The Hall–Kier alpha value is -0.0800. The lowest BCUT2D eigenvalue weighted by Gasteiger charge is -2.42. The van der Waals surface area contributed by atoms with Crippen molar-refractivity contribution in [1.82, 2.24) is 10.2 Å². The molecule has 2 fully saturated rings. The van der Waals surface area contributed by atoms with Crippen LogP contribution in [0.2, 0.25) is 0 Å². The fourth-order valence-corrected chi connectivity index (χ4v) is 2.22. The number of piperidine rings is 1. The fourth-order valence-electron chi connectivity index (χ4n) is 2.22. The topological polar surface area (TPSA) is 15.3 Å². The molecule has 0 aromatic carbocycles. The molecule has 0 aromatic rings. The Kier molecular flexibility index (Phi) is 2.14. The molecule has 2 heteroatoms. The molecule has 11 heavy (non-hydrogen) atoms. The van der Waals surface area contributed by atoms with Gasteiger partial charge >= 0.3 is 0 Å². The quantitative estimate of drug-likeness (QED) is 0.561. The molecular weight excluding hydrogens is 136 g/mol. The number of rotatable bonds is 0. The minimum absolute atomic E-state index is 0.715. The van der Waals surface area contributed by atoms with E-state index in [1.807, 2.05) is 0 Å². The molecular formula is C9H18N2. The van der Waals surface area contributed by atoms with Crippen molar-refractivity contribution in [2.24, 2.45) is 5.92 Å². The van der Waals surface area contributed by atoms with E-state index in [0.29, 0.717) is 6.17 Å². The summed E-state index contributed by atoms with van der Waals surface area (Å²) in [6.07, 6.45) is 4.82. The zero-order chi connectivity index (χ0) is 7.68. The summed E-state index contributed by atoms with van der Waals surface area (Å²) in [5, 5.41) is 3.58. The Morgan fingerprint density at radius 2 is 2.27 bits per heavy atom. The van der Waals surface area contributed by atoms with Crippen molar-refractivity contribution in [3.8, 4) is 0 Å². The van der Waals surface area contributed by atoms with Gasteiger partial charge in [0.15, 0.2) is 0 Å². The third-order valence-corrected chi connectivity index (χ3v) is 2.98. The predicted molar refractivity (Wildman–Crippen MR) is 46.4 cm³/mol. The van der Waals surface area contributed by atoms with Crippen molar-refractivity contribution in [1.29, 1.82) is 0 Å². The summed E-state index contributed by atoms with van der Waals surface area (Å²) in [5.74, 6) is 0.932. The van der Waals surface area contributed by atoms with Gasteiger partial charge in [-0.1, -0.05) is 6.92 Å². The second-order valence-corrected chi connectivity index (χ2v) is 3.99. The molecule has 0 bridgehead atoms. The van der Waals surface area contributed by atoms with Crippen molar-refractivity contribution in [2.75, 3.05) is 19.6 Å². The van der Waals surface area contributed by atoms with Gasteiger partial charge in [0.2, 0.25) is 0 Å². The average Bonchev–Trinajstić information content (AvgIpc) is 2.04. The zero-order valence-electron chi connectivity index (χ0n) is 7.34. The van der Waals surface area contributed by atoms with Crippen LogP contribution in [0.3, 0.4) is 0 Å². The standard InChI is InChI=1S/C9H18N2/c1-8-3-6-11-5-2-4-10-9(11)7-8/h8-10H,2-7H2,1H3. The molecule has 0 amide bonds. The summed E-state index contributed by atoms with van der Waals surface area (Å²) >= 11 is 0. The van der Waals surface area contributed by atoms with Crippen LogP contribution in [0.25, 0.3) is 0 Å². The molecule has 2 unspecified atom stereocenters. The van der Waals surface area contributed by atoms with E-state index in [2.05, 4.69) is 17.1 Å². The molecule has 1 N–H and O–H groups in total. The van der Waals surface area contributed by atoms with Crippen LogP contribution in [0, 0.1) is 5.92 Å². The van der Waals surface area contributed by atoms with Crippen molar-refractivity contribution in [3.05, 3.63) is 0 Å². The van der Waals surface area contributed by atoms with E-state index in [-0.39, 0.29) is 0 Å². The first-order chi connectivity index (χ1) is 5.36. The van der Waals surface area contributed by atoms with Gasteiger partial charge in [-0.2, -0.15) is 0 Å². The van der Waals surface area contributed by atoms with Crippen LogP contribution >= 0.6 is 0 Å². The van der Waals surface area contributed by atoms with E-state index in [4.69, 9.17) is 0 Å². The largest absolute Gasteiger partial charge is 0.302 e. The first kappa shape index (κ1) is 7.56. The molecule has 0 aromatic heterocycles. The van der Waals surface area contributed by atoms with Crippen molar-refractivity contribution in [3.63, 3.8) is 0 Å². The summed E-state index contributed by atoms with van der Waals surface area (Å²) < 4.78 is 0. The Balaban J connectivity index is 1.93. The van der Waals surface area contributed by atoms with Gasteiger partial charge in [0.05, 0.1) is 6.17 Å². The average molecular weight is 154 g/mol. The van der Waals surface area contributed by atoms with Crippen LogP contribution in [-0.2, 0) is 0 Å². The predicted octanol–water partition coefficient (Wildman–Crippen LogP) is 1.04. The summed E-state index contributed by atoms with van der Waals surface area (Å²) in [6, 6.07) is 0. The monoisotopic (exact) mass is 154 g/mol.